The Morgan fingerprint density at radius 1 is 1.24 bits per heavy atom. The molecular weight excluding hydrogens is 373 g/mol. The zero-order valence-corrected chi connectivity index (χ0v) is 16.3. The zero-order valence-electron chi connectivity index (χ0n) is 16.3. The summed E-state index contributed by atoms with van der Waals surface area (Å²) in [7, 11) is 1.64. The molecule has 1 aliphatic heterocycles. The molecule has 1 unspecified atom stereocenters. The monoisotopic (exact) mass is 397 g/mol. The minimum atomic E-state index is -0.345. The average molecular weight is 397 g/mol. The molecule has 3 aromatic rings. The van der Waals surface area contributed by atoms with Gasteiger partial charge in [-0.3, -0.25) is 9.69 Å². The van der Waals surface area contributed by atoms with E-state index in [-0.39, 0.29) is 17.8 Å². The van der Waals surface area contributed by atoms with E-state index >= 15 is 0 Å². The summed E-state index contributed by atoms with van der Waals surface area (Å²) in [6, 6.07) is 14.2. The lowest BCUT2D eigenvalue weighted by molar-refractivity contribution is 0.0162. The highest BCUT2D eigenvalue weighted by Crippen LogP contribution is 2.24. The van der Waals surface area contributed by atoms with E-state index in [0.717, 1.165) is 24.4 Å². The topological polar surface area (TPSA) is 66.6 Å². The number of hydrogen-bond donors (Lipinski definition) is 2. The van der Waals surface area contributed by atoms with Gasteiger partial charge in [0.15, 0.2) is 0 Å². The number of halogens is 1. The molecule has 7 heteroatoms. The molecule has 152 valence electrons. The molecule has 2 N–H and O–H groups in total. The number of amides is 1. The number of rotatable bonds is 6. The van der Waals surface area contributed by atoms with Crippen LogP contribution in [0, 0.1) is 5.82 Å². The van der Waals surface area contributed by atoms with Crippen LogP contribution in [0.25, 0.3) is 10.9 Å². The van der Waals surface area contributed by atoms with E-state index in [1.54, 1.807) is 25.3 Å². The van der Waals surface area contributed by atoms with Crippen LogP contribution < -0.4 is 10.1 Å². The van der Waals surface area contributed by atoms with Gasteiger partial charge in [0.25, 0.3) is 5.91 Å². The van der Waals surface area contributed by atoms with Crippen LogP contribution in [-0.4, -0.2) is 55.7 Å². The summed E-state index contributed by atoms with van der Waals surface area (Å²) >= 11 is 0. The summed E-state index contributed by atoms with van der Waals surface area (Å²) in [5, 5.41) is 3.41. The minimum Gasteiger partial charge on any atom is -0.497 e. The number of nitrogens with zero attached hydrogens (tertiary/aromatic N) is 1. The van der Waals surface area contributed by atoms with Crippen molar-refractivity contribution in [3.05, 3.63) is 65.6 Å². The number of ether oxygens (including phenoxy) is 2. The smallest absolute Gasteiger partial charge is 0.267 e. The number of benzene rings is 2. The van der Waals surface area contributed by atoms with Crippen LogP contribution >= 0.6 is 0 Å². The molecule has 1 aromatic heterocycles. The van der Waals surface area contributed by atoms with Crippen molar-refractivity contribution in [3.63, 3.8) is 0 Å². The van der Waals surface area contributed by atoms with Gasteiger partial charge < -0.3 is 19.8 Å². The van der Waals surface area contributed by atoms with E-state index in [9.17, 15) is 9.18 Å². The summed E-state index contributed by atoms with van der Waals surface area (Å²) in [5.74, 6) is 0.188. The van der Waals surface area contributed by atoms with E-state index in [0.29, 0.717) is 36.4 Å². The number of aromatic amines is 1. The van der Waals surface area contributed by atoms with Gasteiger partial charge in [-0.15, -0.1) is 0 Å². The quantitative estimate of drug-likeness (QED) is 0.671. The predicted octanol–water partition coefficient (Wildman–Crippen LogP) is 3.12. The lowest BCUT2D eigenvalue weighted by Crippen LogP contribution is -2.43. The number of carbonyl (C=O) groups is 1. The number of morpholine rings is 1. The van der Waals surface area contributed by atoms with Gasteiger partial charge in [0, 0.05) is 30.5 Å². The second-order valence-corrected chi connectivity index (χ2v) is 7.03. The largest absolute Gasteiger partial charge is 0.497 e. The number of hydrogen-bond acceptors (Lipinski definition) is 4. The highest BCUT2D eigenvalue weighted by Gasteiger charge is 2.24. The molecule has 0 bridgehead atoms. The molecule has 2 heterocycles. The third kappa shape index (κ3) is 4.26. The van der Waals surface area contributed by atoms with E-state index in [1.165, 1.54) is 6.07 Å². The molecule has 2 aromatic carbocycles. The first-order valence-electron chi connectivity index (χ1n) is 9.67. The zero-order chi connectivity index (χ0) is 20.2. The van der Waals surface area contributed by atoms with Crippen LogP contribution in [0.5, 0.6) is 5.75 Å². The molecule has 1 fully saturated rings. The molecule has 1 amide bonds. The molecule has 1 aliphatic rings. The van der Waals surface area contributed by atoms with Crippen molar-refractivity contribution in [2.45, 2.75) is 6.04 Å². The number of H-pyrrole nitrogens is 1. The van der Waals surface area contributed by atoms with Gasteiger partial charge in [0.05, 0.1) is 26.4 Å². The molecule has 4 rings (SSSR count). The standard InChI is InChI=1S/C22H24FN3O3/c1-28-16-7-5-15(6-8-16)21(26-9-11-29-12-10-26)14-24-22(27)20-13-17-18(23)3-2-4-19(17)25-20/h2-8,13,21,25H,9-12,14H2,1H3,(H,24,27). The molecule has 0 radical (unpaired) electrons. The number of aromatic nitrogens is 1. The van der Waals surface area contributed by atoms with Crippen molar-refractivity contribution >= 4 is 16.8 Å². The Hall–Kier alpha value is -2.90. The van der Waals surface area contributed by atoms with E-state index in [2.05, 4.69) is 15.2 Å². The third-order valence-corrected chi connectivity index (χ3v) is 5.30. The van der Waals surface area contributed by atoms with Crippen molar-refractivity contribution in [1.82, 2.24) is 15.2 Å². The molecule has 0 spiro atoms. The van der Waals surface area contributed by atoms with Crippen molar-refractivity contribution in [3.8, 4) is 5.75 Å². The fourth-order valence-electron chi connectivity index (χ4n) is 3.70. The Balaban J connectivity index is 1.51. The van der Waals surface area contributed by atoms with Crippen LogP contribution in [0.2, 0.25) is 0 Å². The molecule has 0 aliphatic carbocycles. The van der Waals surface area contributed by atoms with Gasteiger partial charge in [-0.2, -0.15) is 0 Å². The maximum absolute atomic E-state index is 13.9. The number of nitrogens with one attached hydrogen (secondary N) is 2. The van der Waals surface area contributed by atoms with Gasteiger partial charge in [-0.25, -0.2) is 4.39 Å². The molecule has 1 saturated heterocycles. The predicted molar refractivity (Wildman–Crippen MR) is 109 cm³/mol. The van der Waals surface area contributed by atoms with E-state index in [4.69, 9.17) is 9.47 Å². The van der Waals surface area contributed by atoms with Gasteiger partial charge in [0.1, 0.15) is 17.3 Å². The summed E-state index contributed by atoms with van der Waals surface area (Å²) < 4.78 is 24.6. The first kappa shape index (κ1) is 19.4. The fourth-order valence-corrected chi connectivity index (χ4v) is 3.70. The minimum absolute atomic E-state index is 0.00914. The van der Waals surface area contributed by atoms with Crippen molar-refractivity contribution in [2.75, 3.05) is 40.0 Å². The fraction of sp³-hybridized carbons (Fsp3) is 0.318. The lowest BCUT2D eigenvalue weighted by Gasteiger charge is -2.35. The third-order valence-electron chi connectivity index (χ3n) is 5.30. The Morgan fingerprint density at radius 3 is 2.69 bits per heavy atom. The van der Waals surface area contributed by atoms with Gasteiger partial charge in [0.2, 0.25) is 0 Å². The van der Waals surface area contributed by atoms with Gasteiger partial charge in [-0.05, 0) is 35.9 Å². The summed E-state index contributed by atoms with van der Waals surface area (Å²) in [5.41, 5.74) is 2.05. The van der Waals surface area contributed by atoms with E-state index in [1.807, 2.05) is 24.3 Å². The van der Waals surface area contributed by atoms with Gasteiger partial charge in [-0.1, -0.05) is 18.2 Å². The van der Waals surface area contributed by atoms with Crippen LogP contribution in [-0.2, 0) is 4.74 Å². The van der Waals surface area contributed by atoms with E-state index < -0.39 is 0 Å². The summed E-state index contributed by atoms with van der Waals surface area (Å²) in [4.78, 5) is 18.0. The maximum atomic E-state index is 13.9. The Morgan fingerprint density at radius 2 is 2.00 bits per heavy atom. The Labute approximate surface area is 168 Å². The Kier molecular flexibility index (Phi) is 5.78. The van der Waals surface area contributed by atoms with Gasteiger partial charge >= 0.3 is 0 Å². The van der Waals surface area contributed by atoms with Crippen LogP contribution in [0.3, 0.4) is 0 Å². The second kappa shape index (κ2) is 8.63. The normalized spacial score (nSPS) is 15.9. The number of carbonyl (C=O) groups excluding carboxylic acids is 1. The second-order valence-electron chi connectivity index (χ2n) is 7.03. The molecular formula is C22H24FN3O3. The Bertz CT molecular complexity index is 981. The first-order valence-corrected chi connectivity index (χ1v) is 9.67. The van der Waals surface area contributed by atoms with Crippen LogP contribution in [0.15, 0.2) is 48.5 Å². The SMILES string of the molecule is COc1ccc(C(CNC(=O)c2cc3c(F)cccc3[nH]2)N2CCOCC2)cc1. The average Bonchev–Trinajstić information content (AvgIpc) is 3.21. The molecule has 0 saturated carbocycles. The first-order chi connectivity index (χ1) is 14.2. The van der Waals surface area contributed by atoms with Crippen molar-refractivity contribution < 1.29 is 18.7 Å². The highest BCUT2D eigenvalue weighted by molar-refractivity contribution is 5.98. The van der Waals surface area contributed by atoms with Crippen molar-refractivity contribution in [1.29, 1.82) is 0 Å². The number of methoxy groups -OCH3 is 1. The maximum Gasteiger partial charge on any atom is 0.267 e. The van der Waals surface area contributed by atoms with Crippen molar-refractivity contribution in [2.24, 2.45) is 0 Å². The molecule has 6 nitrogen and oxygen atoms in total. The van der Waals surface area contributed by atoms with Crippen LogP contribution in [0.4, 0.5) is 4.39 Å². The molecule has 29 heavy (non-hydrogen) atoms. The summed E-state index contributed by atoms with van der Waals surface area (Å²) in [6.45, 7) is 3.36. The number of fused-ring (bicyclic) bond motifs is 1. The summed E-state index contributed by atoms with van der Waals surface area (Å²) in [6.07, 6.45) is 0. The highest BCUT2D eigenvalue weighted by atomic mass is 19.1. The van der Waals surface area contributed by atoms with Crippen LogP contribution in [0.1, 0.15) is 22.1 Å². The lowest BCUT2D eigenvalue weighted by atomic mass is 10.0. The molecule has 1 atom stereocenters.